The quantitative estimate of drug-likeness (QED) is 0.639. The average Bonchev–Trinajstić information content (AvgIpc) is 2.07. The number of hydrogen-bond acceptors (Lipinski definition) is 3. The number of aliphatic hydroxyl groups is 2. The van der Waals surface area contributed by atoms with Crippen LogP contribution in [-0.2, 0) is 4.74 Å². The lowest BCUT2D eigenvalue weighted by Gasteiger charge is -2.42. The summed E-state index contributed by atoms with van der Waals surface area (Å²) in [5, 5.41) is 19.4. The smallest absolute Gasteiger partial charge is 0.0865 e. The molecule has 0 spiro atoms. The molecule has 0 aromatic carbocycles. The van der Waals surface area contributed by atoms with Gasteiger partial charge >= 0.3 is 0 Å². The normalized spacial score (nSPS) is 46.8. The average molecular weight is 188 g/mol. The van der Waals surface area contributed by atoms with Crippen LogP contribution in [0.3, 0.4) is 0 Å². The van der Waals surface area contributed by atoms with E-state index < -0.39 is 12.2 Å². The Hall–Kier alpha value is -0.120. The van der Waals surface area contributed by atoms with Gasteiger partial charge in [0.05, 0.1) is 24.4 Å². The predicted molar refractivity (Wildman–Crippen MR) is 50.4 cm³/mol. The van der Waals surface area contributed by atoms with Crippen LogP contribution < -0.4 is 0 Å². The van der Waals surface area contributed by atoms with Crippen LogP contribution in [0.2, 0.25) is 0 Å². The highest BCUT2D eigenvalue weighted by atomic mass is 16.5. The Morgan fingerprint density at radius 3 is 2.08 bits per heavy atom. The molecule has 2 N–H and O–H groups in total. The van der Waals surface area contributed by atoms with Gasteiger partial charge in [-0.05, 0) is 12.8 Å². The number of hydrogen-bond donors (Lipinski definition) is 2. The summed E-state index contributed by atoms with van der Waals surface area (Å²) >= 11 is 0. The lowest BCUT2D eigenvalue weighted by Crippen LogP contribution is -2.53. The minimum absolute atomic E-state index is 0.101. The minimum atomic E-state index is -0.551. The van der Waals surface area contributed by atoms with Gasteiger partial charge in [0.15, 0.2) is 0 Å². The lowest BCUT2D eigenvalue weighted by atomic mass is 9.84. The van der Waals surface area contributed by atoms with E-state index in [9.17, 15) is 10.2 Å². The highest BCUT2D eigenvalue weighted by molar-refractivity contribution is 4.89. The van der Waals surface area contributed by atoms with Gasteiger partial charge in [-0.15, -0.1) is 0 Å². The second-order valence-corrected chi connectivity index (χ2v) is 4.39. The molecular formula is C10H20O3. The molecule has 0 saturated carbocycles. The molecule has 0 aromatic heterocycles. The van der Waals surface area contributed by atoms with Crippen molar-refractivity contribution in [2.45, 2.75) is 52.1 Å². The zero-order valence-corrected chi connectivity index (χ0v) is 8.77. The molecule has 0 bridgehead atoms. The molecule has 1 rings (SSSR count). The van der Waals surface area contributed by atoms with E-state index >= 15 is 0 Å². The Bertz CT molecular complexity index is 170. The first-order valence-electron chi connectivity index (χ1n) is 4.96. The Balaban J connectivity index is 2.70. The monoisotopic (exact) mass is 188 g/mol. The van der Waals surface area contributed by atoms with Crippen LogP contribution in [0, 0.1) is 11.8 Å². The fourth-order valence-corrected chi connectivity index (χ4v) is 1.89. The van der Waals surface area contributed by atoms with Gasteiger partial charge in [-0.2, -0.15) is 0 Å². The first kappa shape index (κ1) is 11.0. The second kappa shape index (κ2) is 3.95. The molecule has 5 atom stereocenters. The van der Waals surface area contributed by atoms with E-state index in [1.165, 1.54) is 0 Å². The molecule has 1 aliphatic heterocycles. The maximum absolute atomic E-state index is 9.81. The third-order valence-corrected chi connectivity index (χ3v) is 2.92. The van der Waals surface area contributed by atoms with Crippen molar-refractivity contribution < 1.29 is 14.9 Å². The highest BCUT2D eigenvalue weighted by Gasteiger charge is 2.40. The number of aliphatic hydroxyl groups excluding tert-OH is 2. The van der Waals surface area contributed by atoms with Gasteiger partial charge in [-0.3, -0.25) is 0 Å². The van der Waals surface area contributed by atoms with Gasteiger partial charge in [0, 0.05) is 5.92 Å². The third-order valence-electron chi connectivity index (χ3n) is 2.92. The van der Waals surface area contributed by atoms with E-state index in [-0.39, 0.29) is 24.0 Å². The minimum Gasteiger partial charge on any atom is -0.390 e. The van der Waals surface area contributed by atoms with Crippen molar-refractivity contribution in [2.75, 3.05) is 0 Å². The topological polar surface area (TPSA) is 49.7 Å². The Morgan fingerprint density at radius 1 is 1.08 bits per heavy atom. The Kier molecular flexibility index (Phi) is 3.33. The molecule has 1 heterocycles. The standard InChI is InChI=1S/C10H20O3/c1-5(2)10-9(12)6(3)8(11)7(4)13-10/h5-12H,1-4H3/t6-,7+,8-,9+,10-/m0/s1. The molecule has 78 valence electrons. The van der Waals surface area contributed by atoms with Gasteiger partial charge in [-0.25, -0.2) is 0 Å². The molecule has 0 aliphatic carbocycles. The summed E-state index contributed by atoms with van der Waals surface area (Å²) < 4.78 is 5.54. The SMILES string of the molecule is CC(C)[C@@H]1O[C@H](C)[C@@H](O)[C@H](C)[C@H]1O. The third kappa shape index (κ3) is 2.03. The van der Waals surface area contributed by atoms with Crippen molar-refractivity contribution >= 4 is 0 Å². The van der Waals surface area contributed by atoms with Crippen LogP contribution in [-0.4, -0.2) is 34.6 Å². The Morgan fingerprint density at radius 2 is 1.62 bits per heavy atom. The number of ether oxygens (including phenoxy) is 1. The maximum atomic E-state index is 9.81. The molecule has 0 unspecified atom stereocenters. The van der Waals surface area contributed by atoms with Gasteiger partial charge in [0.1, 0.15) is 0 Å². The Labute approximate surface area is 79.7 Å². The van der Waals surface area contributed by atoms with Gasteiger partial charge in [-0.1, -0.05) is 20.8 Å². The fraction of sp³-hybridized carbons (Fsp3) is 1.00. The van der Waals surface area contributed by atoms with Crippen molar-refractivity contribution in [3.05, 3.63) is 0 Å². The van der Waals surface area contributed by atoms with Crippen LogP contribution in [0.1, 0.15) is 27.7 Å². The summed E-state index contributed by atoms with van der Waals surface area (Å²) in [6.45, 7) is 7.75. The largest absolute Gasteiger partial charge is 0.390 e. The molecule has 3 heteroatoms. The molecule has 3 nitrogen and oxygen atoms in total. The summed E-state index contributed by atoms with van der Waals surface area (Å²) in [6, 6.07) is 0. The summed E-state index contributed by atoms with van der Waals surface area (Å²) in [6.07, 6.45) is -1.42. The van der Waals surface area contributed by atoms with E-state index in [2.05, 4.69) is 0 Å². The first-order chi connectivity index (χ1) is 5.95. The van der Waals surface area contributed by atoms with Gasteiger partial charge < -0.3 is 14.9 Å². The van der Waals surface area contributed by atoms with Gasteiger partial charge in [0.25, 0.3) is 0 Å². The van der Waals surface area contributed by atoms with Crippen LogP contribution in [0.15, 0.2) is 0 Å². The summed E-state index contributed by atoms with van der Waals surface area (Å²) in [5.74, 6) is 0.184. The lowest BCUT2D eigenvalue weighted by molar-refractivity contribution is -0.201. The summed E-state index contributed by atoms with van der Waals surface area (Å²) in [7, 11) is 0. The van der Waals surface area contributed by atoms with Crippen molar-refractivity contribution in [1.29, 1.82) is 0 Å². The molecule has 1 saturated heterocycles. The van der Waals surface area contributed by atoms with Crippen molar-refractivity contribution in [1.82, 2.24) is 0 Å². The van der Waals surface area contributed by atoms with Crippen LogP contribution >= 0.6 is 0 Å². The predicted octanol–water partition coefficient (Wildman–Crippen LogP) is 0.788. The molecule has 0 amide bonds. The van der Waals surface area contributed by atoms with Crippen molar-refractivity contribution in [3.63, 3.8) is 0 Å². The van der Waals surface area contributed by atoms with Crippen molar-refractivity contribution in [2.24, 2.45) is 11.8 Å². The van der Waals surface area contributed by atoms with E-state index in [4.69, 9.17) is 4.74 Å². The maximum Gasteiger partial charge on any atom is 0.0865 e. The van der Waals surface area contributed by atoms with Crippen LogP contribution in [0.5, 0.6) is 0 Å². The molecule has 0 radical (unpaired) electrons. The summed E-state index contributed by atoms with van der Waals surface area (Å²) in [5.41, 5.74) is 0. The fourth-order valence-electron chi connectivity index (χ4n) is 1.89. The summed E-state index contributed by atoms with van der Waals surface area (Å²) in [4.78, 5) is 0. The van der Waals surface area contributed by atoms with E-state index in [0.717, 1.165) is 0 Å². The molecule has 1 aliphatic rings. The van der Waals surface area contributed by atoms with Gasteiger partial charge in [0.2, 0.25) is 0 Å². The zero-order valence-electron chi connectivity index (χ0n) is 8.77. The molecule has 0 aromatic rings. The molecule has 13 heavy (non-hydrogen) atoms. The van der Waals surface area contributed by atoms with E-state index in [1.807, 2.05) is 27.7 Å². The van der Waals surface area contributed by atoms with Crippen molar-refractivity contribution in [3.8, 4) is 0 Å². The highest BCUT2D eigenvalue weighted by Crippen LogP contribution is 2.29. The molecular weight excluding hydrogens is 168 g/mol. The first-order valence-corrected chi connectivity index (χ1v) is 4.96. The number of rotatable bonds is 1. The van der Waals surface area contributed by atoms with E-state index in [1.54, 1.807) is 0 Å². The zero-order chi connectivity index (χ0) is 10.2. The second-order valence-electron chi connectivity index (χ2n) is 4.39. The molecule has 1 fully saturated rings. The van der Waals surface area contributed by atoms with Crippen LogP contribution in [0.25, 0.3) is 0 Å². The van der Waals surface area contributed by atoms with E-state index in [0.29, 0.717) is 0 Å². The van der Waals surface area contributed by atoms with Crippen LogP contribution in [0.4, 0.5) is 0 Å².